The molecule has 3 rings (SSSR count). The number of nitrogens with one attached hydrogen (secondary N) is 1. The molecule has 0 saturated heterocycles. The van der Waals surface area contributed by atoms with Gasteiger partial charge in [-0.05, 0) is 18.2 Å². The van der Waals surface area contributed by atoms with Crippen molar-refractivity contribution in [2.45, 2.75) is 23.4 Å². The van der Waals surface area contributed by atoms with Gasteiger partial charge >= 0.3 is 5.97 Å². The topological polar surface area (TPSA) is 130 Å². The molecule has 0 radical (unpaired) electrons. The first-order chi connectivity index (χ1) is 15.4. The Morgan fingerprint density at radius 2 is 1.91 bits per heavy atom. The van der Waals surface area contributed by atoms with Crippen molar-refractivity contribution >= 4 is 40.1 Å². The number of rotatable bonds is 9. The van der Waals surface area contributed by atoms with Crippen LogP contribution in [0.5, 0.6) is 17.2 Å². The smallest absolute Gasteiger partial charge is 0.343 e. The number of thioether (sulfide) groups is 1. The average Bonchev–Trinajstić information content (AvgIpc) is 3.25. The standard InChI is InChI=1S/C20H19N3O7S2/c1-4-17(25)21-19-22-23-20(32-19)31-10-12-8-13(24)16(9-29-12)30-18(26)11-5-6-14(27-2)15(7-11)28-3/h5-9H,4,10H2,1-3H3,(H,21,22,25). The summed E-state index contributed by atoms with van der Waals surface area (Å²) in [6.45, 7) is 1.74. The van der Waals surface area contributed by atoms with Gasteiger partial charge in [0.2, 0.25) is 22.2 Å². The molecule has 1 amide bonds. The van der Waals surface area contributed by atoms with E-state index in [1.807, 2.05) is 0 Å². The van der Waals surface area contributed by atoms with Crippen LogP contribution in [0, 0.1) is 0 Å². The first-order valence-electron chi connectivity index (χ1n) is 9.25. The van der Waals surface area contributed by atoms with Gasteiger partial charge in [-0.3, -0.25) is 9.59 Å². The maximum atomic E-state index is 12.4. The molecule has 0 spiro atoms. The zero-order valence-corrected chi connectivity index (χ0v) is 19.0. The van der Waals surface area contributed by atoms with Crippen molar-refractivity contribution in [2.24, 2.45) is 0 Å². The molecule has 2 heterocycles. The number of methoxy groups -OCH3 is 2. The third-order valence-electron chi connectivity index (χ3n) is 3.99. The van der Waals surface area contributed by atoms with E-state index in [4.69, 9.17) is 18.6 Å². The van der Waals surface area contributed by atoms with E-state index in [0.29, 0.717) is 38.9 Å². The molecule has 2 aromatic heterocycles. The van der Waals surface area contributed by atoms with Crippen LogP contribution in [0.3, 0.4) is 0 Å². The molecule has 1 aromatic carbocycles. The predicted octanol–water partition coefficient (Wildman–Crippen LogP) is 3.37. The molecule has 0 bridgehead atoms. The molecule has 0 fully saturated rings. The largest absolute Gasteiger partial charge is 0.493 e. The van der Waals surface area contributed by atoms with E-state index in [1.54, 1.807) is 13.0 Å². The van der Waals surface area contributed by atoms with Crippen LogP contribution in [0.25, 0.3) is 0 Å². The van der Waals surface area contributed by atoms with Gasteiger partial charge in [0.1, 0.15) is 12.0 Å². The summed E-state index contributed by atoms with van der Waals surface area (Å²) in [6.07, 6.45) is 1.43. The second kappa shape index (κ2) is 10.8. The summed E-state index contributed by atoms with van der Waals surface area (Å²) in [5.41, 5.74) is -0.322. The summed E-state index contributed by atoms with van der Waals surface area (Å²) in [7, 11) is 2.93. The monoisotopic (exact) mass is 477 g/mol. The number of carbonyl (C=O) groups excluding carboxylic acids is 2. The maximum Gasteiger partial charge on any atom is 0.343 e. The molecule has 12 heteroatoms. The Morgan fingerprint density at radius 3 is 2.59 bits per heavy atom. The normalized spacial score (nSPS) is 10.5. The van der Waals surface area contributed by atoms with Crippen LogP contribution in [-0.2, 0) is 10.5 Å². The van der Waals surface area contributed by atoms with E-state index in [2.05, 4.69) is 15.5 Å². The zero-order chi connectivity index (χ0) is 23.1. The van der Waals surface area contributed by atoms with Crippen molar-refractivity contribution in [1.29, 1.82) is 0 Å². The number of anilines is 1. The maximum absolute atomic E-state index is 12.4. The third kappa shape index (κ3) is 5.86. The lowest BCUT2D eigenvalue weighted by atomic mass is 10.2. The second-order valence-electron chi connectivity index (χ2n) is 6.10. The summed E-state index contributed by atoms with van der Waals surface area (Å²) in [5, 5.41) is 10.9. The van der Waals surface area contributed by atoms with Gasteiger partial charge in [-0.25, -0.2) is 4.79 Å². The van der Waals surface area contributed by atoms with Crippen molar-refractivity contribution in [3.05, 3.63) is 52.1 Å². The predicted molar refractivity (Wildman–Crippen MR) is 118 cm³/mol. The van der Waals surface area contributed by atoms with Crippen LogP contribution >= 0.6 is 23.1 Å². The fraction of sp³-hybridized carbons (Fsp3) is 0.250. The number of hydrogen-bond acceptors (Lipinski definition) is 11. The Bertz CT molecular complexity index is 1180. The fourth-order valence-electron chi connectivity index (χ4n) is 2.37. The summed E-state index contributed by atoms with van der Waals surface area (Å²) in [4.78, 5) is 36.1. The van der Waals surface area contributed by atoms with Crippen LogP contribution in [0.15, 0.2) is 44.1 Å². The molecule has 10 nitrogen and oxygen atoms in total. The van der Waals surface area contributed by atoms with E-state index in [9.17, 15) is 14.4 Å². The minimum atomic E-state index is -0.740. The van der Waals surface area contributed by atoms with Crippen LogP contribution in [-0.4, -0.2) is 36.3 Å². The van der Waals surface area contributed by atoms with E-state index in [0.717, 1.165) is 6.26 Å². The quantitative estimate of drug-likeness (QED) is 0.278. The molecule has 1 N–H and O–H groups in total. The number of benzene rings is 1. The van der Waals surface area contributed by atoms with Gasteiger partial charge in [0.15, 0.2) is 15.8 Å². The highest BCUT2D eigenvalue weighted by atomic mass is 32.2. The number of amides is 1. The minimum absolute atomic E-state index is 0.151. The molecule has 168 valence electrons. The zero-order valence-electron chi connectivity index (χ0n) is 17.4. The number of aromatic nitrogens is 2. The number of esters is 1. The lowest BCUT2D eigenvalue weighted by molar-refractivity contribution is -0.115. The summed E-state index contributed by atoms with van der Waals surface area (Å²) in [6, 6.07) is 5.75. The Balaban J connectivity index is 1.62. The summed E-state index contributed by atoms with van der Waals surface area (Å²) in [5.74, 6) is 0.350. The number of hydrogen-bond donors (Lipinski definition) is 1. The van der Waals surface area contributed by atoms with Crippen molar-refractivity contribution in [1.82, 2.24) is 10.2 Å². The molecular weight excluding hydrogens is 458 g/mol. The Hall–Kier alpha value is -3.38. The first-order valence-corrected chi connectivity index (χ1v) is 11.1. The third-order valence-corrected chi connectivity index (χ3v) is 5.98. The van der Waals surface area contributed by atoms with Gasteiger partial charge in [0, 0.05) is 12.5 Å². The van der Waals surface area contributed by atoms with Gasteiger partial charge in [0.05, 0.1) is 25.5 Å². The van der Waals surface area contributed by atoms with Gasteiger partial charge < -0.3 is 23.9 Å². The molecule has 3 aromatic rings. The van der Waals surface area contributed by atoms with Crippen molar-refractivity contribution in [2.75, 3.05) is 19.5 Å². The Kier molecular flexibility index (Phi) is 7.84. The lowest BCUT2D eigenvalue weighted by Crippen LogP contribution is -2.15. The fourth-order valence-corrected chi connectivity index (χ4v) is 4.03. The lowest BCUT2D eigenvalue weighted by Gasteiger charge is -2.09. The first kappa shape index (κ1) is 23.3. The average molecular weight is 478 g/mol. The van der Waals surface area contributed by atoms with Gasteiger partial charge in [-0.1, -0.05) is 30.0 Å². The molecule has 0 aliphatic carbocycles. The summed E-state index contributed by atoms with van der Waals surface area (Å²) < 4.78 is 21.5. The van der Waals surface area contributed by atoms with E-state index in [-0.39, 0.29) is 17.2 Å². The van der Waals surface area contributed by atoms with E-state index in [1.165, 1.54) is 55.5 Å². The molecule has 32 heavy (non-hydrogen) atoms. The number of ether oxygens (including phenoxy) is 3. The Morgan fingerprint density at radius 1 is 1.12 bits per heavy atom. The highest BCUT2D eigenvalue weighted by Crippen LogP contribution is 2.29. The van der Waals surface area contributed by atoms with Crippen LogP contribution < -0.4 is 25.0 Å². The van der Waals surface area contributed by atoms with Gasteiger partial charge in [-0.2, -0.15) is 0 Å². The molecule has 0 aliphatic rings. The highest BCUT2D eigenvalue weighted by molar-refractivity contribution is 8.00. The van der Waals surface area contributed by atoms with E-state index < -0.39 is 11.4 Å². The number of nitrogens with zero attached hydrogens (tertiary/aromatic N) is 2. The summed E-state index contributed by atoms with van der Waals surface area (Å²) >= 11 is 2.50. The van der Waals surface area contributed by atoms with Crippen LogP contribution in [0.4, 0.5) is 5.13 Å². The van der Waals surface area contributed by atoms with Gasteiger partial charge in [0.25, 0.3) is 0 Å². The van der Waals surface area contributed by atoms with Gasteiger partial charge in [-0.15, -0.1) is 10.2 Å². The molecule has 0 saturated carbocycles. The minimum Gasteiger partial charge on any atom is -0.493 e. The van der Waals surface area contributed by atoms with Crippen molar-refractivity contribution < 1.29 is 28.2 Å². The molecular formula is C20H19N3O7S2. The van der Waals surface area contributed by atoms with Crippen LogP contribution in [0.2, 0.25) is 0 Å². The highest BCUT2D eigenvalue weighted by Gasteiger charge is 2.16. The van der Waals surface area contributed by atoms with Crippen molar-refractivity contribution in [3.63, 3.8) is 0 Å². The second-order valence-corrected chi connectivity index (χ2v) is 8.30. The molecule has 0 unspecified atom stereocenters. The molecule has 0 atom stereocenters. The number of carbonyl (C=O) groups is 2. The van der Waals surface area contributed by atoms with E-state index >= 15 is 0 Å². The molecule has 0 aliphatic heterocycles. The SMILES string of the molecule is CCC(=O)Nc1nnc(SCc2cc(=O)c(OC(=O)c3ccc(OC)c(OC)c3)co2)s1. The van der Waals surface area contributed by atoms with Crippen molar-refractivity contribution in [3.8, 4) is 17.2 Å². The van der Waals surface area contributed by atoms with Crippen LogP contribution in [0.1, 0.15) is 29.5 Å². The Labute approximate surface area is 190 Å².